The molecule has 0 radical (unpaired) electrons. The minimum absolute atomic E-state index is 0.00775. The highest BCUT2D eigenvalue weighted by Gasteiger charge is 2.34. The molecule has 136 valence electrons. The predicted molar refractivity (Wildman–Crippen MR) is 96.7 cm³/mol. The van der Waals surface area contributed by atoms with Gasteiger partial charge in [0.05, 0.1) is 6.61 Å². The normalized spacial score (nSPS) is 15.7. The van der Waals surface area contributed by atoms with E-state index in [4.69, 9.17) is 9.47 Å². The maximum absolute atomic E-state index is 12.4. The molecule has 1 aromatic rings. The largest absolute Gasteiger partial charge is 0.490 e. The monoisotopic (exact) mass is 356 g/mol. The van der Waals surface area contributed by atoms with Crippen LogP contribution in [0.2, 0.25) is 0 Å². The van der Waals surface area contributed by atoms with Gasteiger partial charge in [0.15, 0.2) is 11.5 Å². The first kappa shape index (κ1) is 19.0. The Labute approximate surface area is 151 Å². The second kappa shape index (κ2) is 8.66. The Kier molecular flexibility index (Phi) is 6.32. The first-order valence-corrected chi connectivity index (χ1v) is 8.02. The van der Waals surface area contributed by atoms with E-state index in [1.165, 1.54) is 12.2 Å². The molecule has 1 aliphatic heterocycles. The second-order valence-corrected chi connectivity index (χ2v) is 5.26. The molecular formula is C19H20N2O5. The molecule has 1 saturated heterocycles. The van der Waals surface area contributed by atoms with Crippen molar-refractivity contribution in [1.82, 2.24) is 10.2 Å². The molecule has 0 atom stereocenters. The summed E-state index contributed by atoms with van der Waals surface area (Å²) in [5.41, 5.74) is 0.416. The minimum Gasteiger partial charge on any atom is -0.490 e. The lowest BCUT2D eigenvalue weighted by atomic mass is 10.1. The van der Waals surface area contributed by atoms with Gasteiger partial charge < -0.3 is 9.47 Å². The average molecular weight is 356 g/mol. The first-order chi connectivity index (χ1) is 12.5. The number of nitrogens with one attached hydrogen (secondary N) is 1. The van der Waals surface area contributed by atoms with Gasteiger partial charge in [-0.1, -0.05) is 24.8 Å². The van der Waals surface area contributed by atoms with Crippen LogP contribution in [0.15, 0.2) is 49.1 Å². The van der Waals surface area contributed by atoms with Gasteiger partial charge in [-0.2, -0.15) is 0 Å². The Bertz CT molecular complexity index is 782. The van der Waals surface area contributed by atoms with E-state index in [0.29, 0.717) is 30.3 Å². The number of nitrogens with zero attached hydrogens (tertiary/aromatic N) is 1. The van der Waals surface area contributed by atoms with Gasteiger partial charge in [0.1, 0.15) is 12.2 Å². The summed E-state index contributed by atoms with van der Waals surface area (Å²) >= 11 is 0. The third kappa shape index (κ3) is 4.18. The van der Waals surface area contributed by atoms with E-state index in [1.807, 2.05) is 6.92 Å². The first-order valence-electron chi connectivity index (χ1n) is 8.02. The summed E-state index contributed by atoms with van der Waals surface area (Å²) in [5, 5.41) is 2.14. The average Bonchev–Trinajstić information content (AvgIpc) is 2.61. The van der Waals surface area contributed by atoms with Crippen molar-refractivity contribution in [1.29, 1.82) is 0 Å². The Morgan fingerprint density at radius 3 is 2.54 bits per heavy atom. The zero-order chi connectivity index (χ0) is 19.1. The van der Waals surface area contributed by atoms with Crippen molar-refractivity contribution in [2.45, 2.75) is 6.92 Å². The number of carbonyl (C=O) groups excluding carboxylic acids is 3. The molecule has 1 aromatic carbocycles. The zero-order valence-corrected chi connectivity index (χ0v) is 14.5. The van der Waals surface area contributed by atoms with Crippen LogP contribution in [0.25, 0.3) is 6.08 Å². The molecule has 0 aromatic heterocycles. The summed E-state index contributed by atoms with van der Waals surface area (Å²) in [7, 11) is 0. The smallest absolute Gasteiger partial charge is 0.331 e. The Morgan fingerprint density at radius 2 is 1.88 bits per heavy atom. The number of urea groups is 1. The lowest BCUT2D eigenvalue weighted by Crippen LogP contribution is -2.54. The van der Waals surface area contributed by atoms with Crippen LogP contribution >= 0.6 is 0 Å². The number of amides is 4. The van der Waals surface area contributed by atoms with E-state index >= 15 is 0 Å². The van der Waals surface area contributed by atoms with Crippen LogP contribution in [0.3, 0.4) is 0 Å². The summed E-state index contributed by atoms with van der Waals surface area (Å²) in [6.45, 7) is 9.68. The number of rotatable bonds is 8. The van der Waals surface area contributed by atoms with E-state index in [0.717, 1.165) is 4.90 Å². The Balaban J connectivity index is 2.37. The van der Waals surface area contributed by atoms with Crippen molar-refractivity contribution in [3.8, 4) is 11.5 Å². The zero-order valence-electron chi connectivity index (χ0n) is 14.5. The molecule has 7 nitrogen and oxygen atoms in total. The Hall–Kier alpha value is -3.35. The highest BCUT2D eigenvalue weighted by Crippen LogP contribution is 2.29. The minimum atomic E-state index is -0.764. The predicted octanol–water partition coefficient (Wildman–Crippen LogP) is 2.30. The van der Waals surface area contributed by atoms with Crippen molar-refractivity contribution >= 4 is 23.9 Å². The van der Waals surface area contributed by atoms with Gasteiger partial charge in [0.25, 0.3) is 11.8 Å². The van der Waals surface area contributed by atoms with Crippen molar-refractivity contribution in [3.05, 3.63) is 54.6 Å². The number of ether oxygens (including phenoxy) is 2. The lowest BCUT2D eigenvalue weighted by Gasteiger charge is -2.25. The van der Waals surface area contributed by atoms with Crippen LogP contribution in [0.5, 0.6) is 11.5 Å². The van der Waals surface area contributed by atoms with Gasteiger partial charge in [0.2, 0.25) is 0 Å². The molecule has 0 aliphatic carbocycles. The molecule has 4 amide bonds. The summed E-state index contributed by atoms with van der Waals surface area (Å²) in [5.74, 6) is -0.419. The van der Waals surface area contributed by atoms with Crippen LogP contribution in [0.1, 0.15) is 12.5 Å². The van der Waals surface area contributed by atoms with Gasteiger partial charge in [0, 0.05) is 6.54 Å². The van der Waals surface area contributed by atoms with Crippen LogP contribution < -0.4 is 14.8 Å². The number of imide groups is 2. The topological polar surface area (TPSA) is 84.9 Å². The third-order valence-corrected chi connectivity index (χ3v) is 3.43. The highest BCUT2D eigenvalue weighted by atomic mass is 16.5. The number of benzene rings is 1. The maximum Gasteiger partial charge on any atom is 0.331 e. The third-order valence-electron chi connectivity index (χ3n) is 3.43. The van der Waals surface area contributed by atoms with Crippen molar-refractivity contribution in [2.75, 3.05) is 19.8 Å². The molecule has 1 N–H and O–H groups in total. The SMILES string of the molecule is C=CCOc1ccc(/C=C2\C(=O)NC(=O)N(CC=C)C2=O)cc1OCC. The lowest BCUT2D eigenvalue weighted by molar-refractivity contribution is -0.129. The van der Waals surface area contributed by atoms with Gasteiger partial charge in [-0.25, -0.2) is 4.79 Å². The maximum atomic E-state index is 12.4. The molecule has 1 heterocycles. The molecular weight excluding hydrogens is 336 g/mol. The number of hydrogen-bond acceptors (Lipinski definition) is 5. The summed E-state index contributed by atoms with van der Waals surface area (Å²) < 4.78 is 11.1. The van der Waals surface area contributed by atoms with E-state index < -0.39 is 17.8 Å². The van der Waals surface area contributed by atoms with Gasteiger partial charge >= 0.3 is 6.03 Å². The molecule has 2 rings (SSSR count). The molecule has 0 unspecified atom stereocenters. The van der Waals surface area contributed by atoms with Crippen LogP contribution in [-0.2, 0) is 9.59 Å². The fourth-order valence-corrected chi connectivity index (χ4v) is 2.31. The van der Waals surface area contributed by atoms with E-state index in [9.17, 15) is 14.4 Å². The number of carbonyl (C=O) groups is 3. The Morgan fingerprint density at radius 1 is 1.12 bits per heavy atom. The number of barbiturate groups is 1. The fourth-order valence-electron chi connectivity index (χ4n) is 2.31. The molecule has 1 fully saturated rings. The molecule has 1 aliphatic rings. The van der Waals surface area contributed by atoms with Crippen LogP contribution in [0.4, 0.5) is 4.79 Å². The molecule has 7 heteroatoms. The van der Waals surface area contributed by atoms with Gasteiger partial charge in [-0.3, -0.25) is 19.8 Å². The second-order valence-electron chi connectivity index (χ2n) is 5.26. The van der Waals surface area contributed by atoms with E-state index in [-0.39, 0.29) is 12.1 Å². The number of hydrogen-bond donors (Lipinski definition) is 1. The quantitative estimate of drug-likeness (QED) is 0.439. The summed E-state index contributed by atoms with van der Waals surface area (Å²) in [6.07, 6.45) is 4.42. The summed E-state index contributed by atoms with van der Waals surface area (Å²) in [6, 6.07) is 4.26. The highest BCUT2D eigenvalue weighted by molar-refractivity contribution is 6.31. The van der Waals surface area contributed by atoms with Crippen molar-refractivity contribution in [2.24, 2.45) is 0 Å². The van der Waals surface area contributed by atoms with Crippen molar-refractivity contribution in [3.63, 3.8) is 0 Å². The van der Waals surface area contributed by atoms with Gasteiger partial charge in [-0.15, -0.1) is 6.58 Å². The standard InChI is InChI=1S/C19H20N2O5/c1-4-9-21-18(23)14(17(22)20-19(21)24)11-13-7-8-15(26-10-5-2)16(12-13)25-6-3/h4-5,7-8,11-12H,1-2,6,9-10H2,3H3,(H,20,22,24)/b14-11+. The molecule has 0 saturated carbocycles. The molecule has 26 heavy (non-hydrogen) atoms. The van der Waals surface area contributed by atoms with Crippen LogP contribution in [0, 0.1) is 0 Å². The van der Waals surface area contributed by atoms with E-state index in [1.54, 1.807) is 24.3 Å². The van der Waals surface area contributed by atoms with E-state index in [2.05, 4.69) is 18.5 Å². The van der Waals surface area contributed by atoms with Crippen molar-refractivity contribution < 1.29 is 23.9 Å². The van der Waals surface area contributed by atoms with Gasteiger partial charge in [-0.05, 0) is 30.7 Å². The fraction of sp³-hybridized carbons (Fsp3) is 0.211. The molecule has 0 bridgehead atoms. The summed E-state index contributed by atoms with van der Waals surface area (Å²) in [4.78, 5) is 37.1. The molecule has 0 spiro atoms. The van der Waals surface area contributed by atoms with Crippen LogP contribution in [-0.4, -0.2) is 42.5 Å².